The Kier molecular flexibility index (Phi) is 5.77. The summed E-state index contributed by atoms with van der Waals surface area (Å²) in [6, 6.07) is 17.5. The van der Waals surface area contributed by atoms with Crippen molar-refractivity contribution in [2.45, 2.75) is 51.1 Å². The predicted molar refractivity (Wildman–Crippen MR) is 130 cm³/mol. The fourth-order valence-corrected chi connectivity index (χ4v) is 5.70. The van der Waals surface area contributed by atoms with Crippen molar-refractivity contribution in [3.05, 3.63) is 70.9 Å². The number of carbonyl (C=O) groups is 1. The highest BCUT2D eigenvalue weighted by atomic mass is 16.8. The molecule has 2 fully saturated rings. The lowest BCUT2D eigenvalue weighted by Crippen LogP contribution is -2.53. The first-order valence-corrected chi connectivity index (χ1v) is 12.4. The molecule has 178 valence electrons. The number of fused-ring (bicyclic) bond motifs is 6. The molecule has 0 aliphatic carbocycles. The Morgan fingerprint density at radius 2 is 1.88 bits per heavy atom. The Bertz CT molecular complexity index is 1180. The van der Waals surface area contributed by atoms with Crippen molar-refractivity contribution < 1.29 is 14.4 Å². The van der Waals surface area contributed by atoms with E-state index in [9.17, 15) is 4.79 Å². The number of likely N-dealkylation sites (N-methyl/N-ethyl adjacent to an activating group) is 1. The number of amides is 2. The Morgan fingerprint density at radius 3 is 2.71 bits per heavy atom. The molecule has 2 bridgehead atoms. The minimum atomic E-state index is -0.136. The van der Waals surface area contributed by atoms with E-state index in [-0.39, 0.29) is 12.3 Å². The van der Waals surface area contributed by atoms with Crippen LogP contribution in [0.1, 0.15) is 47.6 Å². The molecule has 2 aromatic carbocycles. The van der Waals surface area contributed by atoms with E-state index in [2.05, 4.69) is 58.6 Å². The zero-order valence-electron chi connectivity index (χ0n) is 19.7. The van der Waals surface area contributed by atoms with Crippen molar-refractivity contribution in [3.63, 3.8) is 0 Å². The van der Waals surface area contributed by atoms with Crippen LogP contribution in [-0.4, -0.2) is 53.4 Å². The van der Waals surface area contributed by atoms with Crippen LogP contribution in [0, 0.1) is 0 Å². The van der Waals surface area contributed by atoms with E-state index in [0.717, 1.165) is 45.5 Å². The molecule has 0 radical (unpaired) electrons. The Hall–Kier alpha value is -2.87. The number of hydrogen-bond acceptors (Lipinski definition) is 4. The van der Waals surface area contributed by atoms with Crippen molar-refractivity contribution in [2.24, 2.45) is 0 Å². The minimum absolute atomic E-state index is 0.136. The van der Waals surface area contributed by atoms with Gasteiger partial charge in [0.1, 0.15) is 0 Å². The molecule has 4 heterocycles. The number of ether oxygens (including phenoxy) is 1. The van der Waals surface area contributed by atoms with Crippen molar-refractivity contribution in [1.29, 1.82) is 0 Å². The second kappa shape index (κ2) is 9.06. The minimum Gasteiger partial charge on any atom is -0.351 e. The van der Waals surface area contributed by atoms with Gasteiger partial charge in [-0.25, -0.2) is 4.79 Å². The summed E-state index contributed by atoms with van der Waals surface area (Å²) < 4.78 is 8.02. The van der Waals surface area contributed by atoms with Crippen LogP contribution in [0.5, 0.6) is 0 Å². The number of nitrogens with one attached hydrogen (secondary N) is 1. The predicted octanol–water partition coefficient (Wildman–Crippen LogP) is 4.20. The third-order valence-electron chi connectivity index (χ3n) is 7.40. The maximum Gasteiger partial charge on any atom is 0.320 e. The fourth-order valence-electron chi connectivity index (χ4n) is 5.70. The van der Waals surface area contributed by atoms with Crippen molar-refractivity contribution in [3.8, 4) is 0 Å². The summed E-state index contributed by atoms with van der Waals surface area (Å²) in [7, 11) is 1.91. The lowest BCUT2D eigenvalue weighted by molar-refractivity contribution is -0.198. The maximum atomic E-state index is 12.7. The van der Waals surface area contributed by atoms with E-state index < -0.39 is 0 Å². The highest BCUT2D eigenvalue weighted by Crippen LogP contribution is 2.40. The van der Waals surface area contributed by atoms with Crippen LogP contribution in [0.2, 0.25) is 0 Å². The van der Waals surface area contributed by atoms with Gasteiger partial charge < -0.3 is 19.1 Å². The molecule has 7 heteroatoms. The fraction of sp³-hybridized carbons (Fsp3) is 0.444. The Balaban J connectivity index is 1.21. The van der Waals surface area contributed by atoms with Gasteiger partial charge in [0.05, 0.1) is 6.54 Å². The van der Waals surface area contributed by atoms with Gasteiger partial charge in [-0.2, -0.15) is 5.48 Å². The third kappa shape index (κ3) is 3.98. The highest BCUT2D eigenvalue weighted by Gasteiger charge is 2.39. The van der Waals surface area contributed by atoms with Gasteiger partial charge in [0, 0.05) is 68.8 Å². The second-order valence-electron chi connectivity index (χ2n) is 9.76. The molecule has 2 saturated heterocycles. The van der Waals surface area contributed by atoms with Crippen molar-refractivity contribution >= 4 is 16.9 Å². The monoisotopic (exact) mass is 460 g/mol. The first-order valence-electron chi connectivity index (χ1n) is 12.4. The molecule has 0 spiro atoms. The maximum absolute atomic E-state index is 12.7. The van der Waals surface area contributed by atoms with Crippen LogP contribution in [0.4, 0.5) is 4.79 Å². The molecule has 7 nitrogen and oxygen atoms in total. The first kappa shape index (κ1) is 21.6. The standard InChI is InChI=1S/C27H32N4O3/c1-29-16-21-17-30(27(29)32)18-24-26(21)22-6-2-3-7-23(22)31(24)15-20-11-9-19(10-12-20)14-28-34-25-8-4-5-13-33-25/h2-3,6-7,9-12,21,25,28H,4-5,8,13-18H2,1H3. The molecule has 0 saturated carbocycles. The van der Waals surface area contributed by atoms with Gasteiger partial charge in [0.15, 0.2) is 6.29 Å². The van der Waals surface area contributed by atoms with Crippen molar-refractivity contribution in [1.82, 2.24) is 19.8 Å². The second-order valence-corrected chi connectivity index (χ2v) is 9.76. The van der Waals surface area contributed by atoms with Gasteiger partial charge in [-0.1, -0.05) is 42.5 Å². The highest BCUT2D eigenvalue weighted by molar-refractivity contribution is 5.88. The van der Waals surface area contributed by atoms with Gasteiger partial charge in [0.25, 0.3) is 0 Å². The topological polar surface area (TPSA) is 59.0 Å². The molecule has 34 heavy (non-hydrogen) atoms. The number of nitrogens with zero attached hydrogens (tertiary/aromatic N) is 3. The lowest BCUT2D eigenvalue weighted by atomic mass is 9.90. The van der Waals surface area contributed by atoms with Gasteiger partial charge in [-0.3, -0.25) is 4.84 Å². The van der Waals surface area contributed by atoms with Gasteiger partial charge >= 0.3 is 6.03 Å². The van der Waals surface area contributed by atoms with E-state index in [0.29, 0.717) is 19.0 Å². The largest absolute Gasteiger partial charge is 0.351 e. The average molecular weight is 461 g/mol. The molecule has 3 aliphatic heterocycles. The lowest BCUT2D eigenvalue weighted by Gasteiger charge is -2.42. The average Bonchev–Trinajstić information content (AvgIpc) is 3.18. The number of rotatable bonds is 6. The van der Waals surface area contributed by atoms with E-state index in [1.165, 1.54) is 33.3 Å². The summed E-state index contributed by atoms with van der Waals surface area (Å²) in [4.78, 5) is 22.2. The van der Waals surface area contributed by atoms with Gasteiger partial charge in [-0.05, 0) is 35.6 Å². The Labute approximate surface area is 200 Å². The summed E-state index contributed by atoms with van der Waals surface area (Å²) in [6.07, 6.45) is 3.08. The molecule has 1 N–H and O–H groups in total. The molecular formula is C27H32N4O3. The summed E-state index contributed by atoms with van der Waals surface area (Å²) in [5.74, 6) is 0.360. The van der Waals surface area contributed by atoms with Gasteiger partial charge in [-0.15, -0.1) is 0 Å². The van der Waals surface area contributed by atoms with Crippen LogP contribution < -0.4 is 5.48 Å². The van der Waals surface area contributed by atoms with Crippen LogP contribution in [0.25, 0.3) is 10.9 Å². The molecule has 2 atom stereocenters. The number of urea groups is 1. The van der Waals surface area contributed by atoms with E-state index >= 15 is 0 Å². The summed E-state index contributed by atoms with van der Waals surface area (Å²) >= 11 is 0. The van der Waals surface area contributed by atoms with Gasteiger partial charge in [0.2, 0.25) is 0 Å². The number of para-hydroxylation sites is 1. The van der Waals surface area contributed by atoms with Crippen LogP contribution in [0.15, 0.2) is 48.5 Å². The number of hydrogen-bond donors (Lipinski definition) is 1. The zero-order chi connectivity index (χ0) is 23.1. The molecule has 6 rings (SSSR count). The molecular weight excluding hydrogens is 428 g/mol. The summed E-state index contributed by atoms with van der Waals surface area (Å²) in [6.45, 7) is 4.50. The van der Waals surface area contributed by atoms with Crippen molar-refractivity contribution in [2.75, 3.05) is 26.7 Å². The molecule has 2 unspecified atom stereocenters. The van der Waals surface area contributed by atoms with Crippen LogP contribution in [-0.2, 0) is 29.2 Å². The summed E-state index contributed by atoms with van der Waals surface area (Å²) in [5, 5.41) is 1.33. The number of aromatic nitrogens is 1. The molecule has 1 aromatic heterocycles. The van der Waals surface area contributed by atoms with E-state index in [1.807, 2.05) is 16.8 Å². The molecule has 2 amide bonds. The number of hydroxylamine groups is 1. The SMILES string of the molecule is CN1CC2CN(Cc3c2c2ccccc2n3Cc2ccc(CNOC3CCCCO3)cc2)C1=O. The summed E-state index contributed by atoms with van der Waals surface area (Å²) in [5.41, 5.74) is 9.44. The van der Waals surface area contributed by atoms with Crippen LogP contribution in [0.3, 0.4) is 0 Å². The normalized spacial score (nSPS) is 22.3. The van der Waals surface area contributed by atoms with E-state index in [4.69, 9.17) is 9.57 Å². The zero-order valence-corrected chi connectivity index (χ0v) is 19.7. The third-order valence-corrected chi connectivity index (χ3v) is 7.40. The molecule has 3 aromatic rings. The number of benzene rings is 2. The Morgan fingerprint density at radius 1 is 1.06 bits per heavy atom. The molecule has 3 aliphatic rings. The first-order chi connectivity index (χ1) is 16.7. The smallest absolute Gasteiger partial charge is 0.320 e. The van der Waals surface area contributed by atoms with Crippen LogP contribution >= 0.6 is 0 Å². The van der Waals surface area contributed by atoms with E-state index in [1.54, 1.807) is 0 Å². The quantitative estimate of drug-likeness (QED) is 0.560. The number of carbonyl (C=O) groups excluding carboxylic acids is 1.